The number of aryl methyl sites for hydroxylation is 1. The van der Waals surface area contributed by atoms with E-state index in [1.807, 2.05) is 53.1 Å². The Morgan fingerprint density at radius 3 is 2.62 bits per heavy atom. The minimum atomic E-state index is -0.0688. The lowest BCUT2D eigenvalue weighted by Crippen LogP contribution is -2.20. The van der Waals surface area contributed by atoms with Gasteiger partial charge >= 0.3 is 0 Å². The number of methoxy groups -OCH3 is 1. The average Bonchev–Trinajstić information content (AvgIpc) is 2.93. The number of rotatable bonds is 6. The van der Waals surface area contributed by atoms with Gasteiger partial charge in [0, 0.05) is 12.1 Å². The molecule has 3 rings (SSSR count). The summed E-state index contributed by atoms with van der Waals surface area (Å²) in [4.78, 5) is 17.1. The van der Waals surface area contributed by atoms with Crippen LogP contribution in [0.1, 0.15) is 19.2 Å². The van der Waals surface area contributed by atoms with Crippen LogP contribution in [0, 0.1) is 0 Å². The Bertz CT molecular complexity index is 837. The van der Waals surface area contributed by atoms with E-state index in [2.05, 4.69) is 17.2 Å². The Balaban J connectivity index is 1.80. The molecule has 124 valence electrons. The topological polar surface area (TPSA) is 56.2 Å². The zero-order chi connectivity index (χ0) is 16.9. The molecule has 5 nitrogen and oxygen atoms in total. The van der Waals surface area contributed by atoms with Gasteiger partial charge in [-0.1, -0.05) is 19.1 Å². The standard InChI is InChI=1S/C19H21N3O2/c1-3-6-18-21-16-7-4-5-8-17(16)22(18)13-19(23)20-14-9-11-15(24-2)12-10-14/h4-5,7-12H,3,6,13H2,1-2H3,(H,20,23). The van der Waals surface area contributed by atoms with Gasteiger partial charge in [-0.05, 0) is 42.8 Å². The Hall–Kier alpha value is -2.82. The van der Waals surface area contributed by atoms with Gasteiger partial charge in [-0.25, -0.2) is 4.98 Å². The summed E-state index contributed by atoms with van der Waals surface area (Å²) in [5.74, 6) is 1.64. The summed E-state index contributed by atoms with van der Waals surface area (Å²) in [7, 11) is 1.62. The predicted octanol–water partition coefficient (Wildman–Crippen LogP) is 3.64. The first kappa shape index (κ1) is 16.1. The lowest BCUT2D eigenvalue weighted by atomic mass is 10.3. The van der Waals surface area contributed by atoms with Gasteiger partial charge in [-0.2, -0.15) is 0 Å². The summed E-state index contributed by atoms with van der Waals surface area (Å²) in [5, 5.41) is 2.92. The molecule has 0 aliphatic rings. The number of fused-ring (bicyclic) bond motifs is 1. The quantitative estimate of drug-likeness (QED) is 0.753. The van der Waals surface area contributed by atoms with Crippen molar-refractivity contribution >= 4 is 22.6 Å². The van der Waals surface area contributed by atoms with Gasteiger partial charge in [0.25, 0.3) is 0 Å². The van der Waals surface area contributed by atoms with E-state index < -0.39 is 0 Å². The van der Waals surface area contributed by atoms with E-state index in [-0.39, 0.29) is 12.5 Å². The molecule has 1 aromatic heterocycles. The number of imidazole rings is 1. The summed E-state index contributed by atoms with van der Waals surface area (Å²) in [6.45, 7) is 2.36. The number of amides is 1. The smallest absolute Gasteiger partial charge is 0.244 e. The van der Waals surface area contributed by atoms with E-state index in [4.69, 9.17) is 4.74 Å². The fraction of sp³-hybridized carbons (Fsp3) is 0.263. The number of nitrogens with zero attached hydrogens (tertiary/aromatic N) is 2. The first-order valence-electron chi connectivity index (χ1n) is 8.09. The molecule has 3 aromatic rings. The fourth-order valence-corrected chi connectivity index (χ4v) is 2.73. The molecular weight excluding hydrogens is 302 g/mol. The molecule has 0 spiro atoms. The van der Waals surface area contributed by atoms with Crippen molar-refractivity contribution in [1.82, 2.24) is 9.55 Å². The van der Waals surface area contributed by atoms with Gasteiger partial charge in [0.05, 0.1) is 18.1 Å². The molecule has 0 bridgehead atoms. The molecule has 1 heterocycles. The van der Waals surface area contributed by atoms with Crippen molar-refractivity contribution < 1.29 is 9.53 Å². The second-order valence-electron chi connectivity index (χ2n) is 5.63. The molecule has 1 amide bonds. The van der Waals surface area contributed by atoms with Crippen molar-refractivity contribution in [3.8, 4) is 5.75 Å². The van der Waals surface area contributed by atoms with E-state index in [0.29, 0.717) is 0 Å². The predicted molar refractivity (Wildman–Crippen MR) is 95.4 cm³/mol. The van der Waals surface area contributed by atoms with Gasteiger partial charge in [-0.3, -0.25) is 4.79 Å². The van der Waals surface area contributed by atoms with Crippen molar-refractivity contribution in [2.75, 3.05) is 12.4 Å². The highest BCUT2D eigenvalue weighted by Crippen LogP contribution is 2.18. The summed E-state index contributed by atoms with van der Waals surface area (Å²) < 4.78 is 7.12. The van der Waals surface area contributed by atoms with Crippen LogP contribution in [0.3, 0.4) is 0 Å². The average molecular weight is 323 g/mol. The van der Waals surface area contributed by atoms with Crippen LogP contribution in [-0.2, 0) is 17.8 Å². The molecule has 0 aliphatic heterocycles. The normalized spacial score (nSPS) is 10.8. The van der Waals surface area contributed by atoms with E-state index >= 15 is 0 Å². The van der Waals surface area contributed by atoms with Crippen LogP contribution in [-0.4, -0.2) is 22.6 Å². The maximum atomic E-state index is 12.4. The Kier molecular flexibility index (Phi) is 4.79. The van der Waals surface area contributed by atoms with Gasteiger partial charge in [0.1, 0.15) is 18.1 Å². The summed E-state index contributed by atoms with van der Waals surface area (Å²) >= 11 is 0. The van der Waals surface area contributed by atoms with E-state index in [1.165, 1.54) is 0 Å². The Labute approximate surface area is 141 Å². The van der Waals surface area contributed by atoms with Crippen LogP contribution in [0.4, 0.5) is 5.69 Å². The molecule has 0 atom stereocenters. The minimum Gasteiger partial charge on any atom is -0.497 e. The number of carbonyl (C=O) groups is 1. The zero-order valence-electron chi connectivity index (χ0n) is 14.0. The number of carbonyl (C=O) groups excluding carboxylic acids is 1. The Morgan fingerprint density at radius 2 is 1.92 bits per heavy atom. The highest BCUT2D eigenvalue weighted by Gasteiger charge is 2.13. The van der Waals surface area contributed by atoms with Crippen LogP contribution in [0.15, 0.2) is 48.5 Å². The van der Waals surface area contributed by atoms with Crippen LogP contribution < -0.4 is 10.1 Å². The van der Waals surface area contributed by atoms with Gasteiger partial charge < -0.3 is 14.6 Å². The summed E-state index contributed by atoms with van der Waals surface area (Å²) in [6.07, 6.45) is 1.84. The molecule has 0 saturated heterocycles. The number of para-hydroxylation sites is 2. The number of benzene rings is 2. The minimum absolute atomic E-state index is 0.0688. The second-order valence-corrected chi connectivity index (χ2v) is 5.63. The van der Waals surface area contributed by atoms with E-state index in [1.54, 1.807) is 7.11 Å². The first-order chi connectivity index (χ1) is 11.7. The third-order valence-electron chi connectivity index (χ3n) is 3.88. The number of ether oxygens (including phenoxy) is 1. The zero-order valence-corrected chi connectivity index (χ0v) is 14.0. The molecule has 0 fully saturated rings. The molecule has 1 N–H and O–H groups in total. The van der Waals surface area contributed by atoms with Crippen molar-refractivity contribution in [3.63, 3.8) is 0 Å². The van der Waals surface area contributed by atoms with Crippen molar-refractivity contribution in [3.05, 3.63) is 54.4 Å². The lowest BCUT2D eigenvalue weighted by Gasteiger charge is -2.10. The van der Waals surface area contributed by atoms with Gasteiger partial charge in [-0.15, -0.1) is 0 Å². The maximum absolute atomic E-state index is 12.4. The van der Waals surface area contributed by atoms with Crippen LogP contribution in [0.5, 0.6) is 5.75 Å². The van der Waals surface area contributed by atoms with E-state index in [0.717, 1.165) is 41.1 Å². The molecular formula is C19H21N3O2. The summed E-state index contributed by atoms with van der Waals surface area (Å²) in [5.41, 5.74) is 2.67. The third kappa shape index (κ3) is 3.40. The largest absolute Gasteiger partial charge is 0.497 e. The summed E-state index contributed by atoms with van der Waals surface area (Å²) in [6, 6.07) is 15.2. The van der Waals surface area contributed by atoms with Gasteiger partial charge in [0.15, 0.2) is 0 Å². The monoisotopic (exact) mass is 323 g/mol. The lowest BCUT2D eigenvalue weighted by molar-refractivity contribution is -0.116. The fourth-order valence-electron chi connectivity index (χ4n) is 2.73. The SMILES string of the molecule is CCCc1nc2ccccc2n1CC(=O)Nc1ccc(OC)cc1. The number of nitrogens with one attached hydrogen (secondary N) is 1. The van der Waals surface area contributed by atoms with Gasteiger partial charge in [0.2, 0.25) is 5.91 Å². The Morgan fingerprint density at radius 1 is 1.17 bits per heavy atom. The first-order valence-corrected chi connectivity index (χ1v) is 8.09. The molecule has 0 saturated carbocycles. The second kappa shape index (κ2) is 7.17. The molecule has 5 heteroatoms. The number of hydrogen-bond acceptors (Lipinski definition) is 3. The van der Waals surface area contributed by atoms with Crippen molar-refractivity contribution in [2.45, 2.75) is 26.3 Å². The number of hydrogen-bond donors (Lipinski definition) is 1. The molecule has 0 radical (unpaired) electrons. The number of anilines is 1. The molecule has 2 aromatic carbocycles. The molecule has 24 heavy (non-hydrogen) atoms. The number of aromatic nitrogens is 2. The van der Waals surface area contributed by atoms with E-state index in [9.17, 15) is 4.79 Å². The molecule has 0 unspecified atom stereocenters. The van der Waals surface area contributed by atoms with Crippen LogP contribution >= 0.6 is 0 Å². The third-order valence-corrected chi connectivity index (χ3v) is 3.88. The highest BCUT2D eigenvalue weighted by molar-refractivity contribution is 5.91. The van der Waals surface area contributed by atoms with Crippen molar-refractivity contribution in [1.29, 1.82) is 0 Å². The molecule has 0 aliphatic carbocycles. The highest BCUT2D eigenvalue weighted by atomic mass is 16.5. The maximum Gasteiger partial charge on any atom is 0.244 e. The van der Waals surface area contributed by atoms with Crippen LogP contribution in [0.2, 0.25) is 0 Å². The van der Waals surface area contributed by atoms with Crippen molar-refractivity contribution in [2.24, 2.45) is 0 Å². The van der Waals surface area contributed by atoms with Crippen LogP contribution in [0.25, 0.3) is 11.0 Å².